The van der Waals surface area contributed by atoms with Crippen molar-refractivity contribution in [3.8, 4) is 10.6 Å². The third-order valence-corrected chi connectivity index (χ3v) is 3.81. The molecule has 0 atom stereocenters. The molecule has 0 saturated carbocycles. The monoisotopic (exact) mass is 363 g/mol. The van der Waals surface area contributed by atoms with Crippen LogP contribution in [0.5, 0.6) is 0 Å². The molecule has 0 aliphatic heterocycles. The third kappa shape index (κ3) is 3.61. The van der Waals surface area contributed by atoms with Gasteiger partial charge in [-0.25, -0.2) is 4.98 Å². The highest BCUT2D eigenvalue weighted by Gasteiger charge is 2.31. The van der Waals surface area contributed by atoms with Crippen LogP contribution in [0.1, 0.15) is 11.3 Å². The van der Waals surface area contributed by atoms with Gasteiger partial charge in [0.1, 0.15) is 5.01 Å². The van der Waals surface area contributed by atoms with E-state index >= 15 is 0 Å². The van der Waals surface area contributed by atoms with Gasteiger partial charge in [0, 0.05) is 21.8 Å². The van der Waals surface area contributed by atoms with Crippen molar-refractivity contribution < 1.29 is 18.3 Å². The zero-order chi connectivity index (χ0) is 14.9. The summed E-state index contributed by atoms with van der Waals surface area (Å²) in [5.74, 6) is -0.0351. The summed E-state index contributed by atoms with van der Waals surface area (Å²) in [7, 11) is 0. The zero-order valence-electron chi connectivity index (χ0n) is 10.0. The Hall–Kier alpha value is -1.34. The molecule has 0 unspecified atom stereocenters. The Morgan fingerprint density at radius 2 is 2.05 bits per heavy atom. The van der Waals surface area contributed by atoms with Gasteiger partial charge in [0.15, 0.2) is 0 Å². The van der Waals surface area contributed by atoms with Crippen LogP contribution >= 0.6 is 27.3 Å². The largest absolute Gasteiger partial charge is 0.513 e. The second-order valence-corrected chi connectivity index (χ2v) is 5.89. The highest BCUT2D eigenvalue weighted by Crippen LogP contribution is 2.35. The van der Waals surface area contributed by atoms with Gasteiger partial charge in [0.05, 0.1) is 17.0 Å². The van der Waals surface area contributed by atoms with Crippen molar-refractivity contribution in [3.63, 3.8) is 0 Å². The number of aliphatic hydroxyl groups is 1. The molecule has 2 nitrogen and oxygen atoms in total. The SMILES string of the molecule is C=C(O)Cc1csc(-c2cc(Br)cc(C(F)(F)F)c2)n1. The van der Waals surface area contributed by atoms with Crippen LogP contribution < -0.4 is 0 Å². The van der Waals surface area contributed by atoms with Crippen LogP contribution in [0.3, 0.4) is 0 Å². The van der Waals surface area contributed by atoms with Gasteiger partial charge < -0.3 is 5.11 Å². The molecule has 0 bridgehead atoms. The topological polar surface area (TPSA) is 33.1 Å². The maximum atomic E-state index is 12.8. The van der Waals surface area contributed by atoms with Gasteiger partial charge in [-0.05, 0) is 18.2 Å². The van der Waals surface area contributed by atoms with Gasteiger partial charge >= 0.3 is 6.18 Å². The van der Waals surface area contributed by atoms with Crippen LogP contribution in [0.25, 0.3) is 10.6 Å². The van der Waals surface area contributed by atoms with Gasteiger partial charge in [-0.1, -0.05) is 22.5 Å². The van der Waals surface area contributed by atoms with Crippen molar-refractivity contribution in [1.82, 2.24) is 4.98 Å². The van der Waals surface area contributed by atoms with E-state index in [1.807, 2.05) is 0 Å². The zero-order valence-corrected chi connectivity index (χ0v) is 12.4. The number of aliphatic hydroxyl groups excluding tert-OH is 1. The number of alkyl halides is 3. The van der Waals surface area contributed by atoms with E-state index in [4.69, 9.17) is 5.11 Å². The normalized spacial score (nSPS) is 11.6. The van der Waals surface area contributed by atoms with E-state index in [0.717, 1.165) is 12.1 Å². The van der Waals surface area contributed by atoms with E-state index in [1.165, 1.54) is 11.3 Å². The molecule has 106 valence electrons. The Balaban J connectivity index is 2.40. The van der Waals surface area contributed by atoms with Crippen LogP contribution in [-0.2, 0) is 12.6 Å². The standard InChI is InChI=1S/C13H9BrF3NOS/c1-7(19)2-11-6-20-12(18-11)8-3-9(13(15,16)17)5-10(14)4-8/h3-6,19H,1-2H2. The fraction of sp³-hybridized carbons (Fsp3) is 0.154. The fourth-order valence-corrected chi connectivity index (χ4v) is 2.91. The second-order valence-electron chi connectivity index (χ2n) is 4.11. The van der Waals surface area contributed by atoms with Gasteiger partial charge in [-0.15, -0.1) is 11.3 Å². The number of thiazole rings is 1. The first-order valence-electron chi connectivity index (χ1n) is 5.45. The second kappa shape index (κ2) is 5.57. The van der Waals surface area contributed by atoms with Crippen LogP contribution in [0, 0.1) is 0 Å². The first kappa shape index (κ1) is 15.1. The Bertz CT molecular complexity index is 651. The number of nitrogens with zero attached hydrogens (tertiary/aromatic N) is 1. The molecule has 2 rings (SSSR count). The molecule has 2 aromatic rings. The van der Waals surface area contributed by atoms with Crippen molar-refractivity contribution in [1.29, 1.82) is 0 Å². The fourth-order valence-electron chi connectivity index (χ4n) is 1.61. The maximum absolute atomic E-state index is 12.8. The third-order valence-electron chi connectivity index (χ3n) is 2.41. The lowest BCUT2D eigenvalue weighted by Crippen LogP contribution is -2.04. The summed E-state index contributed by atoms with van der Waals surface area (Å²) < 4.78 is 38.6. The van der Waals surface area contributed by atoms with E-state index in [9.17, 15) is 13.2 Å². The Morgan fingerprint density at radius 1 is 1.35 bits per heavy atom. The van der Waals surface area contributed by atoms with E-state index in [2.05, 4.69) is 27.5 Å². The molecule has 1 N–H and O–H groups in total. The van der Waals surface area contributed by atoms with Gasteiger partial charge in [-0.2, -0.15) is 13.2 Å². The van der Waals surface area contributed by atoms with Crippen LogP contribution in [0.15, 0.2) is 40.4 Å². The predicted octanol–water partition coefficient (Wildman–Crippen LogP) is 5.21. The molecule has 20 heavy (non-hydrogen) atoms. The van der Waals surface area contributed by atoms with Gasteiger partial charge in [0.2, 0.25) is 0 Å². The molecule has 0 aliphatic carbocycles. The molecule has 0 amide bonds. The minimum Gasteiger partial charge on any atom is -0.513 e. The van der Waals surface area contributed by atoms with Crippen molar-refractivity contribution >= 4 is 27.3 Å². The first-order valence-corrected chi connectivity index (χ1v) is 7.12. The molecule has 0 fully saturated rings. The van der Waals surface area contributed by atoms with Crippen molar-refractivity contribution in [2.75, 3.05) is 0 Å². The van der Waals surface area contributed by atoms with E-state index in [0.29, 0.717) is 20.7 Å². The molecule has 0 aliphatic rings. The van der Waals surface area contributed by atoms with Gasteiger partial charge in [0.25, 0.3) is 0 Å². The Morgan fingerprint density at radius 3 is 2.65 bits per heavy atom. The molecule has 1 heterocycles. The Labute approximate surface area is 125 Å². The average Bonchev–Trinajstić information content (AvgIpc) is 2.74. The first-order chi connectivity index (χ1) is 9.25. The molecule has 7 heteroatoms. The van der Waals surface area contributed by atoms with E-state index in [1.54, 1.807) is 11.4 Å². The molecule has 1 aromatic heterocycles. The molecule has 0 radical (unpaired) electrons. The summed E-state index contributed by atoms with van der Waals surface area (Å²) in [6.07, 6.45) is -4.21. The van der Waals surface area contributed by atoms with Crippen molar-refractivity contribution in [2.45, 2.75) is 12.6 Å². The lowest BCUT2D eigenvalue weighted by atomic mass is 10.1. The summed E-state index contributed by atoms with van der Waals surface area (Å²) in [6.45, 7) is 3.36. The number of allylic oxidation sites excluding steroid dienone is 1. The van der Waals surface area contributed by atoms with Gasteiger partial charge in [-0.3, -0.25) is 0 Å². The summed E-state index contributed by atoms with van der Waals surface area (Å²) in [6, 6.07) is 3.65. The lowest BCUT2D eigenvalue weighted by molar-refractivity contribution is -0.137. The Kier molecular flexibility index (Phi) is 4.19. The summed E-state index contributed by atoms with van der Waals surface area (Å²) in [4.78, 5) is 4.19. The highest BCUT2D eigenvalue weighted by atomic mass is 79.9. The quantitative estimate of drug-likeness (QED) is 0.759. The summed E-state index contributed by atoms with van der Waals surface area (Å²) in [5.41, 5.74) is 0.225. The molecular formula is C13H9BrF3NOS. The number of rotatable bonds is 3. The number of hydrogen-bond acceptors (Lipinski definition) is 3. The molecule has 0 spiro atoms. The van der Waals surface area contributed by atoms with Crippen LogP contribution in [-0.4, -0.2) is 10.1 Å². The van der Waals surface area contributed by atoms with E-state index in [-0.39, 0.29) is 12.2 Å². The number of benzene rings is 1. The summed E-state index contributed by atoms with van der Waals surface area (Å²) in [5, 5.41) is 11.2. The number of aromatic nitrogens is 1. The maximum Gasteiger partial charge on any atom is 0.416 e. The number of hydrogen-bond donors (Lipinski definition) is 1. The van der Waals surface area contributed by atoms with Crippen molar-refractivity contribution in [3.05, 3.63) is 51.6 Å². The molecule has 0 saturated heterocycles. The minimum absolute atomic E-state index is 0.0351. The van der Waals surface area contributed by atoms with Crippen molar-refractivity contribution in [2.24, 2.45) is 0 Å². The molecular weight excluding hydrogens is 355 g/mol. The average molecular weight is 364 g/mol. The smallest absolute Gasteiger partial charge is 0.416 e. The highest BCUT2D eigenvalue weighted by molar-refractivity contribution is 9.10. The lowest BCUT2D eigenvalue weighted by Gasteiger charge is -2.08. The van der Waals surface area contributed by atoms with Crippen LogP contribution in [0.4, 0.5) is 13.2 Å². The minimum atomic E-state index is -4.40. The predicted molar refractivity (Wildman–Crippen MR) is 75.7 cm³/mol. The summed E-state index contributed by atoms with van der Waals surface area (Å²) >= 11 is 4.29. The van der Waals surface area contributed by atoms with E-state index < -0.39 is 11.7 Å². The molecule has 1 aromatic carbocycles. The van der Waals surface area contributed by atoms with Crippen LogP contribution in [0.2, 0.25) is 0 Å². The number of halogens is 4.